The van der Waals surface area contributed by atoms with Gasteiger partial charge in [0.15, 0.2) is 5.82 Å². The van der Waals surface area contributed by atoms with Crippen LogP contribution in [0.4, 0.5) is 33.6 Å². The maximum atomic E-state index is 15.1. The number of aromatic nitrogens is 5. The molecule has 0 unspecified atom stereocenters. The molecule has 8 nitrogen and oxygen atoms in total. The number of benzene rings is 2. The number of halogens is 5. The van der Waals surface area contributed by atoms with Crippen LogP contribution in [0.1, 0.15) is 21.5 Å². The van der Waals surface area contributed by atoms with Crippen molar-refractivity contribution < 1.29 is 26.7 Å². The van der Waals surface area contributed by atoms with E-state index in [0.717, 1.165) is 17.0 Å². The first-order valence-electron chi connectivity index (χ1n) is 10.4. The van der Waals surface area contributed by atoms with Gasteiger partial charge in [0.05, 0.1) is 41.2 Å². The molecule has 184 valence electrons. The quantitative estimate of drug-likeness (QED) is 0.370. The molecule has 0 aliphatic carbocycles. The molecule has 0 aliphatic heterocycles. The Bertz CT molecular complexity index is 1640. The van der Waals surface area contributed by atoms with Crippen LogP contribution in [0.15, 0.2) is 55.1 Å². The predicted molar refractivity (Wildman–Crippen MR) is 120 cm³/mol. The van der Waals surface area contributed by atoms with E-state index in [-0.39, 0.29) is 28.3 Å². The fourth-order valence-corrected chi connectivity index (χ4v) is 3.83. The lowest BCUT2D eigenvalue weighted by Gasteiger charge is -2.22. The van der Waals surface area contributed by atoms with Gasteiger partial charge in [0.2, 0.25) is 0 Å². The number of amides is 1. The molecule has 2 N–H and O–H groups in total. The van der Waals surface area contributed by atoms with Crippen LogP contribution < -0.4 is 10.6 Å². The third kappa shape index (κ3) is 3.97. The summed E-state index contributed by atoms with van der Waals surface area (Å²) < 4.78 is 71.5. The molecule has 13 heteroatoms. The van der Waals surface area contributed by atoms with Crippen LogP contribution in [0, 0.1) is 11.6 Å². The van der Waals surface area contributed by atoms with E-state index in [9.17, 15) is 22.4 Å². The molecular formula is C23H16F5N7O. The van der Waals surface area contributed by atoms with Crippen LogP contribution in [-0.4, -0.2) is 30.1 Å². The molecule has 0 saturated heterocycles. The molecule has 36 heavy (non-hydrogen) atoms. The van der Waals surface area contributed by atoms with Gasteiger partial charge < -0.3 is 5.73 Å². The van der Waals surface area contributed by atoms with Gasteiger partial charge in [-0.2, -0.15) is 18.3 Å². The van der Waals surface area contributed by atoms with E-state index >= 15 is 4.39 Å². The van der Waals surface area contributed by atoms with Gasteiger partial charge in [0.1, 0.15) is 23.0 Å². The first-order chi connectivity index (χ1) is 17.0. The molecule has 5 aromatic rings. The summed E-state index contributed by atoms with van der Waals surface area (Å²) in [4.78, 5) is 22.7. The first-order valence-corrected chi connectivity index (χ1v) is 10.4. The fraction of sp³-hybridized carbons (Fsp3) is 0.130. The number of fused-ring (bicyclic) bond motifs is 3. The van der Waals surface area contributed by atoms with E-state index in [0.29, 0.717) is 23.2 Å². The molecule has 3 aromatic heterocycles. The number of rotatable bonds is 4. The van der Waals surface area contributed by atoms with Gasteiger partial charge in [-0.3, -0.25) is 18.8 Å². The Morgan fingerprint density at radius 1 is 1.08 bits per heavy atom. The molecule has 3 heterocycles. The summed E-state index contributed by atoms with van der Waals surface area (Å²) in [6.45, 7) is -0.502. The van der Waals surface area contributed by atoms with Crippen LogP contribution in [0.2, 0.25) is 0 Å². The third-order valence-corrected chi connectivity index (χ3v) is 5.63. The lowest BCUT2D eigenvalue weighted by molar-refractivity contribution is -0.137. The zero-order chi connectivity index (χ0) is 25.8. The topological polar surface area (TPSA) is 94.3 Å². The van der Waals surface area contributed by atoms with Crippen molar-refractivity contribution >= 4 is 34.1 Å². The Kier molecular flexibility index (Phi) is 5.34. The standard InChI is InChI=1S/C23H16F5N7O/c1-33-5-4-20(32-33)34(10-12-2-3-13(6-15(12)24)23(26,27)28)22(36)14-7-18-17(8-16(14)25)31-21(29)19-9-30-11-35(18)19/h2-9,11H,10H2,1H3,(H2,29,31). The van der Waals surface area contributed by atoms with Crippen LogP contribution in [0.25, 0.3) is 16.6 Å². The lowest BCUT2D eigenvalue weighted by atomic mass is 10.1. The average molecular weight is 501 g/mol. The van der Waals surface area contributed by atoms with E-state index in [4.69, 9.17) is 5.73 Å². The van der Waals surface area contributed by atoms with Gasteiger partial charge >= 0.3 is 6.18 Å². The van der Waals surface area contributed by atoms with Crippen molar-refractivity contribution in [3.63, 3.8) is 0 Å². The summed E-state index contributed by atoms with van der Waals surface area (Å²) >= 11 is 0. The number of carbonyl (C=O) groups excluding carboxylic acids is 1. The number of alkyl halides is 3. The monoisotopic (exact) mass is 501 g/mol. The van der Waals surface area contributed by atoms with Crippen LogP contribution >= 0.6 is 0 Å². The Morgan fingerprint density at radius 2 is 1.86 bits per heavy atom. The van der Waals surface area contributed by atoms with Crippen LogP contribution in [0.5, 0.6) is 0 Å². The maximum Gasteiger partial charge on any atom is 0.416 e. The zero-order valence-electron chi connectivity index (χ0n) is 18.5. The number of hydrogen-bond donors (Lipinski definition) is 1. The number of nitrogens with two attached hydrogens (primary N) is 1. The minimum atomic E-state index is -4.74. The molecule has 5 rings (SSSR count). The Morgan fingerprint density at radius 3 is 2.53 bits per heavy atom. The van der Waals surface area contributed by atoms with Crippen molar-refractivity contribution in [2.75, 3.05) is 10.6 Å². The highest BCUT2D eigenvalue weighted by atomic mass is 19.4. The second kappa shape index (κ2) is 8.29. The highest BCUT2D eigenvalue weighted by Crippen LogP contribution is 2.31. The normalized spacial score (nSPS) is 11.9. The molecule has 0 fully saturated rings. The summed E-state index contributed by atoms with van der Waals surface area (Å²) in [5, 5.41) is 4.14. The van der Waals surface area contributed by atoms with E-state index in [1.54, 1.807) is 7.05 Å². The number of anilines is 2. The maximum absolute atomic E-state index is 15.1. The van der Waals surface area contributed by atoms with Gasteiger partial charge in [-0.1, -0.05) is 6.07 Å². The van der Waals surface area contributed by atoms with Gasteiger partial charge in [-0.15, -0.1) is 0 Å². The average Bonchev–Trinajstić information content (AvgIpc) is 3.47. The Hall–Kier alpha value is -4.55. The largest absolute Gasteiger partial charge is 0.416 e. The lowest BCUT2D eigenvalue weighted by Crippen LogP contribution is -2.32. The molecule has 0 aliphatic rings. The van der Waals surface area contributed by atoms with Crippen molar-refractivity contribution in [3.8, 4) is 0 Å². The van der Waals surface area contributed by atoms with E-state index in [2.05, 4.69) is 15.1 Å². The molecular weight excluding hydrogens is 485 g/mol. The zero-order valence-corrected chi connectivity index (χ0v) is 18.5. The van der Waals surface area contributed by atoms with Gasteiger partial charge in [-0.05, 0) is 18.2 Å². The number of hydrogen-bond acceptors (Lipinski definition) is 5. The highest BCUT2D eigenvalue weighted by molar-refractivity contribution is 6.07. The van der Waals surface area contributed by atoms with Crippen molar-refractivity contribution in [1.82, 2.24) is 24.1 Å². The molecule has 0 atom stereocenters. The molecule has 0 spiro atoms. The number of nitrogens with zero attached hydrogens (tertiary/aromatic N) is 6. The van der Waals surface area contributed by atoms with Crippen molar-refractivity contribution in [1.29, 1.82) is 0 Å². The molecule has 0 radical (unpaired) electrons. The highest BCUT2D eigenvalue weighted by Gasteiger charge is 2.32. The molecule has 0 bridgehead atoms. The van der Waals surface area contributed by atoms with Crippen LogP contribution in [-0.2, 0) is 19.8 Å². The molecule has 0 saturated carbocycles. The number of imidazole rings is 1. The van der Waals surface area contributed by atoms with Gasteiger partial charge in [0, 0.05) is 30.9 Å². The van der Waals surface area contributed by atoms with Crippen molar-refractivity contribution in [3.05, 3.63) is 83.4 Å². The third-order valence-electron chi connectivity index (χ3n) is 5.63. The van der Waals surface area contributed by atoms with Gasteiger partial charge in [-0.25, -0.2) is 18.7 Å². The minimum Gasteiger partial charge on any atom is -0.382 e. The second-order valence-electron chi connectivity index (χ2n) is 8.01. The summed E-state index contributed by atoms with van der Waals surface area (Å²) in [6, 6.07) is 5.72. The SMILES string of the molecule is Cn1ccc(N(Cc2ccc(C(F)(F)F)cc2F)C(=O)c2cc3c(cc2F)nc(N)c2cncn23)n1. The second-order valence-corrected chi connectivity index (χ2v) is 8.01. The Labute approximate surface area is 199 Å². The molecule has 1 amide bonds. The van der Waals surface area contributed by atoms with Gasteiger partial charge in [0.25, 0.3) is 5.91 Å². The Balaban J connectivity index is 1.61. The van der Waals surface area contributed by atoms with E-state index in [1.165, 1.54) is 39.9 Å². The van der Waals surface area contributed by atoms with Crippen molar-refractivity contribution in [2.24, 2.45) is 7.05 Å². The van der Waals surface area contributed by atoms with E-state index in [1.807, 2.05) is 0 Å². The minimum absolute atomic E-state index is 0.0458. The molecule has 2 aromatic carbocycles. The summed E-state index contributed by atoms with van der Waals surface area (Å²) in [6.07, 6.45) is -0.340. The summed E-state index contributed by atoms with van der Waals surface area (Å²) in [7, 11) is 1.58. The number of nitrogen functional groups attached to an aromatic ring is 1. The van der Waals surface area contributed by atoms with E-state index < -0.39 is 35.8 Å². The summed E-state index contributed by atoms with van der Waals surface area (Å²) in [5.74, 6) is -2.82. The fourth-order valence-electron chi connectivity index (χ4n) is 3.83. The number of carbonyl (C=O) groups is 1. The van der Waals surface area contributed by atoms with Crippen molar-refractivity contribution in [2.45, 2.75) is 12.7 Å². The first kappa shape index (κ1) is 23.2. The van der Waals surface area contributed by atoms with Crippen LogP contribution in [0.3, 0.4) is 0 Å². The smallest absolute Gasteiger partial charge is 0.382 e. The number of aryl methyl sites for hydroxylation is 1. The summed E-state index contributed by atoms with van der Waals surface area (Å²) in [5.41, 5.74) is 5.08. The predicted octanol–water partition coefficient (Wildman–Crippen LogP) is 4.34.